The zero-order valence-corrected chi connectivity index (χ0v) is 22.9. The molecular weight excluding hydrogens is 504 g/mol. The molecule has 4 rings (SSSR count). The number of hydrogen-bond donors (Lipinski definition) is 3. The van der Waals surface area contributed by atoms with Crippen molar-refractivity contribution in [2.75, 3.05) is 32.6 Å². The van der Waals surface area contributed by atoms with E-state index < -0.39 is 6.04 Å². The van der Waals surface area contributed by atoms with Crippen molar-refractivity contribution in [3.8, 4) is 22.8 Å². The molecule has 0 saturated heterocycles. The van der Waals surface area contributed by atoms with Crippen molar-refractivity contribution >= 4 is 17.5 Å². The monoisotopic (exact) mass is 538 g/mol. The quantitative estimate of drug-likeness (QED) is 0.227. The molecule has 0 bridgehead atoms. The lowest BCUT2D eigenvalue weighted by molar-refractivity contribution is -0.122. The predicted molar refractivity (Wildman–Crippen MR) is 157 cm³/mol. The van der Waals surface area contributed by atoms with E-state index in [1.807, 2.05) is 79.7 Å². The molecule has 40 heavy (non-hydrogen) atoms. The Morgan fingerprint density at radius 3 is 2.25 bits per heavy atom. The first-order chi connectivity index (χ1) is 19.4. The van der Waals surface area contributed by atoms with Gasteiger partial charge in [0.15, 0.2) is 0 Å². The number of aromatic nitrogens is 1. The summed E-state index contributed by atoms with van der Waals surface area (Å²) in [7, 11) is 3.21. The summed E-state index contributed by atoms with van der Waals surface area (Å²) in [5.74, 6) is 0.791. The second-order valence-electron chi connectivity index (χ2n) is 9.33. The van der Waals surface area contributed by atoms with E-state index >= 15 is 0 Å². The van der Waals surface area contributed by atoms with Gasteiger partial charge in [-0.15, -0.1) is 0 Å². The van der Waals surface area contributed by atoms with Crippen molar-refractivity contribution in [3.63, 3.8) is 0 Å². The van der Waals surface area contributed by atoms with Gasteiger partial charge in [-0.3, -0.25) is 9.59 Å². The van der Waals surface area contributed by atoms with E-state index in [0.29, 0.717) is 31.0 Å². The zero-order valence-electron chi connectivity index (χ0n) is 22.9. The Balaban J connectivity index is 1.41. The molecule has 1 atom stereocenters. The summed E-state index contributed by atoms with van der Waals surface area (Å²) in [6.45, 7) is 2.85. The number of nitrogens with zero attached hydrogens (tertiary/aromatic N) is 1. The average molecular weight is 539 g/mol. The maximum atomic E-state index is 13.2. The van der Waals surface area contributed by atoms with Crippen LogP contribution in [0.15, 0.2) is 91.1 Å². The first kappa shape index (κ1) is 28.2. The zero-order chi connectivity index (χ0) is 28.3. The minimum absolute atomic E-state index is 0.249. The van der Waals surface area contributed by atoms with E-state index in [-0.39, 0.29) is 11.8 Å². The van der Waals surface area contributed by atoms with Gasteiger partial charge in [0.2, 0.25) is 11.8 Å². The number of ether oxygens (including phenoxy) is 2. The molecule has 2 amide bonds. The molecule has 1 unspecified atom stereocenters. The Bertz CT molecular complexity index is 1400. The highest BCUT2D eigenvalue weighted by Crippen LogP contribution is 2.21. The molecule has 0 aliphatic rings. The molecule has 3 aromatic carbocycles. The van der Waals surface area contributed by atoms with Crippen molar-refractivity contribution in [3.05, 3.63) is 108 Å². The normalized spacial score (nSPS) is 11.3. The van der Waals surface area contributed by atoms with Crippen molar-refractivity contribution in [2.24, 2.45) is 0 Å². The van der Waals surface area contributed by atoms with Gasteiger partial charge >= 0.3 is 0 Å². The van der Waals surface area contributed by atoms with Crippen LogP contribution in [0, 0.1) is 6.92 Å². The molecule has 0 saturated carbocycles. The van der Waals surface area contributed by atoms with Gasteiger partial charge in [-0.1, -0.05) is 42.0 Å². The number of nitrogens with one attached hydrogen (secondary N) is 3. The molecule has 8 heteroatoms. The summed E-state index contributed by atoms with van der Waals surface area (Å²) in [5, 5.41) is 9.15. The Hall–Kier alpha value is -4.85. The van der Waals surface area contributed by atoms with E-state index in [0.717, 1.165) is 33.7 Å². The predicted octanol–water partition coefficient (Wildman–Crippen LogP) is 4.64. The fraction of sp³-hybridized carbons (Fsp3) is 0.219. The van der Waals surface area contributed by atoms with Crippen LogP contribution in [0.25, 0.3) is 11.1 Å². The van der Waals surface area contributed by atoms with Crippen molar-refractivity contribution < 1.29 is 19.1 Å². The smallest absolute Gasteiger partial charge is 0.251 e. The fourth-order valence-corrected chi connectivity index (χ4v) is 4.20. The third kappa shape index (κ3) is 7.83. The molecule has 3 N–H and O–H groups in total. The van der Waals surface area contributed by atoms with Crippen LogP contribution in [0.1, 0.15) is 21.5 Å². The minimum Gasteiger partial charge on any atom is -0.497 e. The number of benzene rings is 3. The topological polar surface area (TPSA) is 102 Å². The summed E-state index contributed by atoms with van der Waals surface area (Å²) < 4.78 is 10.3. The molecule has 0 aliphatic carbocycles. The van der Waals surface area contributed by atoms with Gasteiger partial charge in [0, 0.05) is 48.6 Å². The average Bonchev–Trinajstić information content (AvgIpc) is 2.99. The summed E-state index contributed by atoms with van der Waals surface area (Å²) in [6, 6.07) is 25.8. The standard InChI is InChI=1S/C32H34N4O4/c1-22-5-4-6-25(19-22)31(37)36-29(32(38)34-18-17-33-27-12-14-28(39-2)15-13-27)20-23-7-9-24(10-8-23)26-11-16-30(40-3)35-21-26/h4-16,19,21,29,33H,17-18,20H2,1-3H3,(H,34,38)(H,36,37). The van der Waals surface area contributed by atoms with Crippen LogP contribution in [0.2, 0.25) is 0 Å². The van der Waals surface area contributed by atoms with Crippen LogP contribution in [0.5, 0.6) is 11.6 Å². The molecule has 1 aromatic heterocycles. The third-order valence-electron chi connectivity index (χ3n) is 6.42. The number of aryl methyl sites for hydroxylation is 1. The van der Waals surface area contributed by atoms with Crippen LogP contribution in [0.3, 0.4) is 0 Å². The van der Waals surface area contributed by atoms with Crippen molar-refractivity contribution in [1.82, 2.24) is 15.6 Å². The molecule has 0 spiro atoms. The molecule has 0 aliphatic heterocycles. The van der Waals surface area contributed by atoms with Crippen LogP contribution in [-0.4, -0.2) is 50.1 Å². The van der Waals surface area contributed by atoms with Crippen LogP contribution >= 0.6 is 0 Å². The fourth-order valence-electron chi connectivity index (χ4n) is 4.20. The number of rotatable bonds is 12. The van der Waals surface area contributed by atoms with E-state index in [9.17, 15) is 9.59 Å². The lowest BCUT2D eigenvalue weighted by atomic mass is 10.0. The summed E-state index contributed by atoms with van der Waals surface area (Å²) in [5.41, 5.74) is 5.29. The molecule has 8 nitrogen and oxygen atoms in total. The number of pyridine rings is 1. The second kappa shape index (κ2) is 13.8. The van der Waals surface area contributed by atoms with Crippen LogP contribution in [0.4, 0.5) is 5.69 Å². The lowest BCUT2D eigenvalue weighted by Gasteiger charge is -2.19. The maximum Gasteiger partial charge on any atom is 0.251 e. The van der Waals surface area contributed by atoms with Gasteiger partial charge in [-0.25, -0.2) is 4.98 Å². The Morgan fingerprint density at radius 1 is 0.850 bits per heavy atom. The first-order valence-electron chi connectivity index (χ1n) is 13.1. The molecule has 4 aromatic rings. The molecular formula is C32H34N4O4. The molecule has 0 fully saturated rings. The maximum absolute atomic E-state index is 13.2. The lowest BCUT2D eigenvalue weighted by Crippen LogP contribution is -2.48. The molecule has 0 radical (unpaired) electrons. The SMILES string of the molecule is COc1ccc(NCCNC(=O)C(Cc2ccc(-c3ccc(OC)nc3)cc2)NC(=O)c2cccc(C)c2)cc1. The van der Waals surface area contributed by atoms with Gasteiger partial charge in [0.25, 0.3) is 5.91 Å². The summed E-state index contributed by atoms with van der Waals surface area (Å²) >= 11 is 0. The number of hydrogen-bond acceptors (Lipinski definition) is 6. The number of amides is 2. The van der Waals surface area contributed by atoms with Crippen LogP contribution in [-0.2, 0) is 11.2 Å². The van der Waals surface area contributed by atoms with E-state index in [4.69, 9.17) is 9.47 Å². The highest BCUT2D eigenvalue weighted by Gasteiger charge is 2.22. The first-order valence-corrected chi connectivity index (χ1v) is 13.1. The van der Waals surface area contributed by atoms with Crippen molar-refractivity contribution in [1.29, 1.82) is 0 Å². The van der Waals surface area contributed by atoms with E-state index in [1.165, 1.54) is 0 Å². The summed E-state index contributed by atoms with van der Waals surface area (Å²) in [6.07, 6.45) is 2.10. The Labute approximate surface area is 234 Å². The number of carbonyl (C=O) groups is 2. The van der Waals surface area contributed by atoms with Crippen molar-refractivity contribution in [2.45, 2.75) is 19.4 Å². The van der Waals surface area contributed by atoms with Crippen LogP contribution < -0.4 is 25.4 Å². The summed E-state index contributed by atoms with van der Waals surface area (Å²) in [4.78, 5) is 30.5. The van der Waals surface area contributed by atoms with Gasteiger partial charge in [-0.05, 0) is 60.5 Å². The number of carbonyl (C=O) groups excluding carboxylic acids is 2. The highest BCUT2D eigenvalue weighted by atomic mass is 16.5. The number of methoxy groups -OCH3 is 2. The van der Waals surface area contributed by atoms with Gasteiger partial charge in [-0.2, -0.15) is 0 Å². The molecule has 1 heterocycles. The Morgan fingerprint density at radius 2 is 1.60 bits per heavy atom. The van der Waals surface area contributed by atoms with Gasteiger partial charge in [0.1, 0.15) is 11.8 Å². The third-order valence-corrected chi connectivity index (χ3v) is 6.42. The largest absolute Gasteiger partial charge is 0.497 e. The highest BCUT2D eigenvalue weighted by molar-refractivity contribution is 5.97. The molecule has 206 valence electrons. The van der Waals surface area contributed by atoms with E-state index in [1.54, 1.807) is 32.5 Å². The number of anilines is 1. The van der Waals surface area contributed by atoms with E-state index in [2.05, 4.69) is 20.9 Å². The Kier molecular flexibility index (Phi) is 9.72. The second-order valence-corrected chi connectivity index (χ2v) is 9.33. The van der Waals surface area contributed by atoms with Gasteiger partial charge < -0.3 is 25.4 Å². The van der Waals surface area contributed by atoms with Gasteiger partial charge in [0.05, 0.1) is 14.2 Å². The minimum atomic E-state index is -0.748.